The molecule has 1 N–H and O–H groups in total. The van der Waals surface area contributed by atoms with E-state index in [1.165, 1.54) is 30.6 Å². The molecule has 1 aromatic rings. The van der Waals surface area contributed by atoms with Crippen LogP contribution < -0.4 is 5.32 Å². The van der Waals surface area contributed by atoms with Crippen molar-refractivity contribution in [3.8, 4) is 0 Å². The molecule has 0 bridgehead atoms. The lowest BCUT2D eigenvalue weighted by Gasteiger charge is -2.29. The Labute approximate surface area is 123 Å². The average molecular weight is 279 g/mol. The molecule has 0 aliphatic rings. The molecule has 0 amide bonds. The van der Waals surface area contributed by atoms with Crippen molar-refractivity contribution in [2.24, 2.45) is 0 Å². The molecule has 0 aliphatic carbocycles. The summed E-state index contributed by atoms with van der Waals surface area (Å²) in [7, 11) is 0. The quantitative estimate of drug-likeness (QED) is 0.669. The van der Waals surface area contributed by atoms with E-state index < -0.39 is 0 Å². The van der Waals surface area contributed by atoms with Crippen LogP contribution in [0.5, 0.6) is 0 Å². The predicted octanol–water partition coefficient (Wildman–Crippen LogP) is 4.48. The first-order valence-corrected chi connectivity index (χ1v) is 8.73. The molecule has 0 heterocycles. The van der Waals surface area contributed by atoms with Gasteiger partial charge in [-0.25, -0.2) is 0 Å². The normalized spacial score (nSPS) is 13.5. The summed E-state index contributed by atoms with van der Waals surface area (Å²) in [6, 6.07) is 11.4. The van der Waals surface area contributed by atoms with Crippen LogP contribution in [0.4, 0.5) is 0 Å². The zero-order valence-corrected chi connectivity index (χ0v) is 13.7. The third-order valence-electron chi connectivity index (χ3n) is 3.64. The minimum absolute atomic E-state index is 0.243. The van der Waals surface area contributed by atoms with E-state index in [0.717, 1.165) is 6.54 Å². The fraction of sp³-hybridized carbons (Fsp3) is 0.647. The lowest BCUT2D eigenvalue weighted by Crippen LogP contribution is -2.33. The van der Waals surface area contributed by atoms with Crippen molar-refractivity contribution < 1.29 is 0 Å². The number of hydrogen-bond donors (Lipinski definition) is 1. The molecule has 0 saturated carbocycles. The molecule has 1 nitrogen and oxygen atoms in total. The van der Waals surface area contributed by atoms with E-state index in [0.29, 0.717) is 6.04 Å². The molecule has 0 aliphatic heterocycles. The van der Waals surface area contributed by atoms with Gasteiger partial charge in [-0.3, -0.25) is 0 Å². The van der Waals surface area contributed by atoms with E-state index in [-0.39, 0.29) is 5.41 Å². The van der Waals surface area contributed by atoms with Gasteiger partial charge in [0.2, 0.25) is 0 Å². The Hall–Kier alpha value is -0.470. The van der Waals surface area contributed by atoms with Crippen LogP contribution in [0.25, 0.3) is 0 Å². The molecule has 0 fully saturated rings. The number of thioether (sulfide) groups is 1. The van der Waals surface area contributed by atoms with Gasteiger partial charge in [0.15, 0.2) is 0 Å². The van der Waals surface area contributed by atoms with Gasteiger partial charge in [-0.15, -0.1) is 0 Å². The van der Waals surface area contributed by atoms with Crippen LogP contribution in [-0.2, 0) is 5.41 Å². The van der Waals surface area contributed by atoms with Gasteiger partial charge in [-0.2, -0.15) is 11.8 Å². The van der Waals surface area contributed by atoms with E-state index >= 15 is 0 Å². The highest BCUT2D eigenvalue weighted by Gasteiger charge is 2.22. The zero-order valence-electron chi connectivity index (χ0n) is 12.9. The number of nitrogens with one attached hydrogen (secondary N) is 1. The highest BCUT2D eigenvalue weighted by Crippen LogP contribution is 2.28. The third kappa shape index (κ3) is 6.49. The van der Waals surface area contributed by atoms with Gasteiger partial charge >= 0.3 is 0 Å². The Balaban J connectivity index is 2.32. The highest BCUT2D eigenvalue weighted by atomic mass is 32.2. The Morgan fingerprint density at radius 1 is 1.16 bits per heavy atom. The molecule has 2 heteroatoms. The second-order valence-corrected chi connectivity index (χ2v) is 6.99. The van der Waals surface area contributed by atoms with Crippen LogP contribution in [-0.4, -0.2) is 24.6 Å². The maximum absolute atomic E-state index is 3.66. The second kappa shape index (κ2) is 8.65. The van der Waals surface area contributed by atoms with Crippen molar-refractivity contribution in [3.63, 3.8) is 0 Å². The van der Waals surface area contributed by atoms with Gasteiger partial charge < -0.3 is 5.32 Å². The monoisotopic (exact) mass is 279 g/mol. The summed E-state index contributed by atoms with van der Waals surface area (Å²) < 4.78 is 0. The topological polar surface area (TPSA) is 12.0 Å². The van der Waals surface area contributed by atoms with E-state index in [2.05, 4.69) is 62.7 Å². The van der Waals surface area contributed by atoms with Crippen molar-refractivity contribution in [2.45, 2.75) is 51.5 Å². The summed E-state index contributed by atoms with van der Waals surface area (Å²) in [5.74, 6) is 1.28. The lowest BCUT2D eigenvalue weighted by atomic mass is 9.79. The van der Waals surface area contributed by atoms with Gasteiger partial charge in [0.1, 0.15) is 0 Å². The smallest absolute Gasteiger partial charge is 0.00470 e. The van der Waals surface area contributed by atoms with Crippen LogP contribution in [0, 0.1) is 0 Å². The van der Waals surface area contributed by atoms with Crippen LogP contribution in [0.2, 0.25) is 0 Å². The van der Waals surface area contributed by atoms with E-state index in [1.807, 2.05) is 11.8 Å². The Bertz CT molecular complexity index is 334. The van der Waals surface area contributed by atoms with Gasteiger partial charge in [0.05, 0.1) is 0 Å². The molecular formula is C17H29NS. The standard InChI is InChI=1S/C17H29NS/c1-15(18-12-8-9-13-19-4)14-17(2,3)16-10-6-5-7-11-16/h5-7,10-11,15,18H,8-9,12-14H2,1-4H3. The van der Waals surface area contributed by atoms with Crippen LogP contribution in [0.3, 0.4) is 0 Å². The first kappa shape index (κ1) is 16.6. The third-order valence-corrected chi connectivity index (χ3v) is 4.34. The molecule has 1 rings (SSSR count). The van der Waals surface area contributed by atoms with E-state index in [1.54, 1.807) is 0 Å². The molecule has 1 aromatic carbocycles. The zero-order chi connectivity index (χ0) is 14.1. The van der Waals surface area contributed by atoms with Gasteiger partial charge in [0, 0.05) is 6.04 Å². The van der Waals surface area contributed by atoms with Crippen LogP contribution in [0.15, 0.2) is 30.3 Å². The van der Waals surface area contributed by atoms with E-state index in [4.69, 9.17) is 0 Å². The van der Waals surface area contributed by atoms with Crippen LogP contribution >= 0.6 is 11.8 Å². The molecule has 1 atom stereocenters. The fourth-order valence-electron chi connectivity index (χ4n) is 2.56. The summed E-state index contributed by atoms with van der Waals surface area (Å²) in [6.07, 6.45) is 5.97. The summed E-state index contributed by atoms with van der Waals surface area (Å²) >= 11 is 1.94. The minimum atomic E-state index is 0.243. The molecule has 0 radical (unpaired) electrons. The fourth-order valence-corrected chi connectivity index (χ4v) is 3.06. The molecule has 19 heavy (non-hydrogen) atoms. The number of hydrogen-bond acceptors (Lipinski definition) is 2. The molecule has 0 saturated heterocycles. The maximum Gasteiger partial charge on any atom is 0.00470 e. The Kier molecular flexibility index (Phi) is 7.55. The van der Waals surface area contributed by atoms with Crippen molar-refractivity contribution >= 4 is 11.8 Å². The maximum atomic E-state index is 3.66. The second-order valence-electron chi connectivity index (χ2n) is 6.01. The molecule has 1 unspecified atom stereocenters. The number of benzene rings is 1. The van der Waals surface area contributed by atoms with Crippen molar-refractivity contribution in [1.29, 1.82) is 0 Å². The van der Waals surface area contributed by atoms with Crippen molar-refractivity contribution in [2.75, 3.05) is 18.6 Å². The van der Waals surface area contributed by atoms with Crippen molar-refractivity contribution in [1.82, 2.24) is 5.32 Å². The predicted molar refractivity (Wildman–Crippen MR) is 89.2 cm³/mol. The van der Waals surface area contributed by atoms with Gasteiger partial charge in [-0.05, 0) is 55.7 Å². The first-order chi connectivity index (χ1) is 9.06. The Morgan fingerprint density at radius 2 is 1.84 bits per heavy atom. The number of rotatable bonds is 9. The lowest BCUT2D eigenvalue weighted by molar-refractivity contribution is 0.387. The average Bonchev–Trinajstić information content (AvgIpc) is 2.39. The molecule has 0 spiro atoms. The summed E-state index contributed by atoms with van der Waals surface area (Å²) in [4.78, 5) is 0. The SMILES string of the molecule is CSCCCCNC(C)CC(C)(C)c1ccccc1. The van der Waals surface area contributed by atoms with Gasteiger partial charge in [-0.1, -0.05) is 44.2 Å². The molecule has 0 aromatic heterocycles. The Morgan fingerprint density at radius 3 is 2.47 bits per heavy atom. The largest absolute Gasteiger partial charge is 0.314 e. The highest BCUT2D eigenvalue weighted by molar-refractivity contribution is 7.98. The summed E-state index contributed by atoms with van der Waals surface area (Å²) in [5, 5.41) is 3.66. The number of unbranched alkanes of at least 4 members (excludes halogenated alkanes) is 1. The first-order valence-electron chi connectivity index (χ1n) is 7.34. The van der Waals surface area contributed by atoms with Crippen LogP contribution in [0.1, 0.15) is 45.6 Å². The van der Waals surface area contributed by atoms with Gasteiger partial charge in [0.25, 0.3) is 0 Å². The van der Waals surface area contributed by atoms with Crippen molar-refractivity contribution in [3.05, 3.63) is 35.9 Å². The summed E-state index contributed by atoms with van der Waals surface area (Å²) in [5.41, 5.74) is 1.68. The van der Waals surface area contributed by atoms with E-state index in [9.17, 15) is 0 Å². The molecule has 108 valence electrons. The molecular weight excluding hydrogens is 250 g/mol. The minimum Gasteiger partial charge on any atom is -0.314 e. The summed E-state index contributed by atoms with van der Waals surface area (Å²) in [6.45, 7) is 8.13.